The monoisotopic (exact) mass is 286 g/mol. The van der Waals surface area contributed by atoms with Gasteiger partial charge < -0.3 is 15.7 Å². The van der Waals surface area contributed by atoms with Gasteiger partial charge in [-0.1, -0.05) is 27.7 Å². The lowest BCUT2D eigenvalue weighted by molar-refractivity contribution is -0.137. The van der Waals surface area contributed by atoms with E-state index in [1.807, 2.05) is 0 Å². The molecule has 0 aromatic rings. The van der Waals surface area contributed by atoms with E-state index in [9.17, 15) is 9.59 Å². The van der Waals surface area contributed by atoms with Gasteiger partial charge in [0.15, 0.2) is 0 Å². The molecule has 0 aromatic heterocycles. The van der Waals surface area contributed by atoms with Crippen molar-refractivity contribution in [3.05, 3.63) is 0 Å². The standard InChI is InChI=1S/C15H30N2O3/c1-5-12(6-2)17-13(18)11-16-10-9-15(3,4)8-7-14(19)20/h12,16H,5-11H2,1-4H3,(H,17,18)(H,19,20). The molecule has 0 radical (unpaired) electrons. The third kappa shape index (κ3) is 9.78. The van der Waals surface area contributed by atoms with Crippen LogP contribution in [0.15, 0.2) is 0 Å². The van der Waals surface area contributed by atoms with Crippen LogP contribution in [0.5, 0.6) is 0 Å². The van der Waals surface area contributed by atoms with Crippen molar-refractivity contribution in [2.45, 2.75) is 65.8 Å². The van der Waals surface area contributed by atoms with Gasteiger partial charge in [0.25, 0.3) is 0 Å². The fraction of sp³-hybridized carbons (Fsp3) is 0.867. The zero-order valence-electron chi connectivity index (χ0n) is 13.3. The second kappa shape index (κ2) is 9.75. The Hall–Kier alpha value is -1.10. The average molecular weight is 286 g/mol. The summed E-state index contributed by atoms with van der Waals surface area (Å²) in [5.74, 6) is -0.724. The van der Waals surface area contributed by atoms with Gasteiger partial charge in [0.2, 0.25) is 5.91 Å². The number of nitrogens with one attached hydrogen (secondary N) is 2. The van der Waals surface area contributed by atoms with Crippen molar-refractivity contribution in [3.63, 3.8) is 0 Å². The van der Waals surface area contributed by atoms with Crippen molar-refractivity contribution in [3.8, 4) is 0 Å². The number of rotatable bonds is 11. The largest absolute Gasteiger partial charge is 0.481 e. The zero-order chi connectivity index (χ0) is 15.6. The van der Waals surface area contributed by atoms with E-state index in [2.05, 4.69) is 38.3 Å². The Morgan fingerprint density at radius 2 is 1.75 bits per heavy atom. The van der Waals surface area contributed by atoms with Crippen molar-refractivity contribution in [2.75, 3.05) is 13.1 Å². The quantitative estimate of drug-likeness (QED) is 0.509. The van der Waals surface area contributed by atoms with Crippen LogP contribution in [-0.4, -0.2) is 36.1 Å². The van der Waals surface area contributed by atoms with Crippen molar-refractivity contribution in [1.29, 1.82) is 0 Å². The minimum absolute atomic E-state index is 0.0166. The Morgan fingerprint density at radius 1 is 1.15 bits per heavy atom. The molecule has 0 aliphatic rings. The molecular formula is C15H30N2O3. The number of amides is 1. The second-order valence-corrected chi connectivity index (χ2v) is 6.07. The van der Waals surface area contributed by atoms with Crippen LogP contribution in [0.1, 0.15) is 59.8 Å². The summed E-state index contributed by atoms with van der Waals surface area (Å²) >= 11 is 0. The molecule has 5 heteroatoms. The van der Waals surface area contributed by atoms with Gasteiger partial charge in [-0.05, 0) is 37.6 Å². The topological polar surface area (TPSA) is 78.4 Å². The lowest BCUT2D eigenvalue weighted by Gasteiger charge is -2.24. The molecule has 20 heavy (non-hydrogen) atoms. The summed E-state index contributed by atoms with van der Waals surface area (Å²) in [6.07, 6.45) is 3.61. The summed E-state index contributed by atoms with van der Waals surface area (Å²) < 4.78 is 0. The third-order valence-corrected chi connectivity index (χ3v) is 3.63. The van der Waals surface area contributed by atoms with E-state index < -0.39 is 5.97 Å². The van der Waals surface area contributed by atoms with E-state index in [1.54, 1.807) is 0 Å². The van der Waals surface area contributed by atoms with Crippen LogP contribution in [0.4, 0.5) is 0 Å². The first-order valence-electron chi connectivity index (χ1n) is 7.52. The molecule has 1 amide bonds. The van der Waals surface area contributed by atoms with Crippen LogP contribution >= 0.6 is 0 Å². The van der Waals surface area contributed by atoms with Gasteiger partial charge in [0, 0.05) is 12.5 Å². The Kier molecular flexibility index (Phi) is 9.21. The molecule has 0 fully saturated rings. The molecule has 5 nitrogen and oxygen atoms in total. The van der Waals surface area contributed by atoms with Gasteiger partial charge >= 0.3 is 5.97 Å². The molecule has 0 aromatic carbocycles. The first kappa shape index (κ1) is 18.9. The summed E-state index contributed by atoms with van der Waals surface area (Å²) in [6.45, 7) is 9.29. The van der Waals surface area contributed by atoms with E-state index in [-0.39, 0.29) is 23.8 Å². The summed E-state index contributed by atoms with van der Waals surface area (Å²) in [5.41, 5.74) is -0.0166. The number of hydrogen-bond donors (Lipinski definition) is 3. The number of carbonyl (C=O) groups is 2. The van der Waals surface area contributed by atoms with Crippen LogP contribution in [0.3, 0.4) is 0 Å². The van der Waals surface area contributed by atoms with Gasteiger partial charge in [-0.3, -0.25) is 9.59 Å². The van der Waals surface area contributed by atoms with Crippen molar-refractivity contribution in [2.24, 2.45) is 5.41 Å². The lowest BCUT2D eigenvalue weighted by atomic mass is 9.84. The number of hydrogen-bond acceptors (Lipinski definition) is 3. The molecule has 0 aliphatic heterocycles. The van der Waals surface area contributed by atoms with E-state index in [4.69, 9.17) is 5.11 Å². The summed E-state index contributed by atoms with van der Waals surface area (Å²) in [5, 5.41) is 14.8. The first-order chi connectivity index (χ1) is 9.30. The highest BCUT2D eigenvalue weighted by Gasteiger charge is 2.18. The summed E-state index contributed by atoms with van der Waals surface area (Å²) in [4.78, 5) is 22.2. The fourth-order valence-electron chi connectivity index (χ4n) is 1.97. The van der Waals surface area contributed by atoms with Gasteiger partial charge in [-0.25, -0.2) is 0 Å². The van der Waals surface area contributed by atoms with Gasteiger partial charge in [-0.15, -0.1) is 0 Å². The molecule has 0 saturated heterocycles. The Morgan fingerprint density at radius 3 is 2.25 bits per heavy atom. The van der Waals surface area contributed by atoms with Crippen molar-refractivity contribution >= 4 is 11.9 Å². The minimum atomic E-state index is -0.754. The van der Waals surface area contributed by atoms with Crippen LogP contribution in [0.25, 0.3) is 0 Å². The SMILES string of the molecule is CCC(CC)NC(=O)CNCCC(C)(C)CCC(=O)O. The molecule has 0 heterocycles. The molecule has 0 bridgehead atoms. The van der Waals surface area contributed by atoms with E-state index >= 15 is 0 Å². The Bertz CT molecular complexity index is 299. The maximum Gasteiger partial charge on any atom is 0.303 e. The molecule has 0 spiro atoms. The van der Waals surface area contributed by atoms with E-state index in [0.717, 1.165) is 25.8 Å². The minimum Gasteiger partial charge on any atom is -0.481 e. The summed E-state index contributed by atoms with van der Waals surface area (Å²) in [7, 11) is 0. The highest BCUT2D eigenvalue weighted by Crippen LogP contribution is 2.25. The number of carboxylic acid groups (broad SMARTS) is 1. The molecule has 0 aliphatic carbocycles. The highest BCUT2D eigenvalue weighted by molar-refractivity contribution is 5.78. The van der Waals surface area contributed by atoms with Gasteiger partial charge in [-0.2, -0.15) is 0 Å². The Labute approximate surface area is 122 Å². The maximum absolute atomic E-state index is 11.7. The van der Waals surface area contributed by atoms with Gasteiger partial charge in [0.1, 0.15) is 0 Å². The van der Waals surface area contributed by atoms with Crippen molar-refractivity contribution in [1.82, 2.24) is 10.6 Å². The average Bonchev–Trinajstić information content (AvgIpc) is 2.39. The normalized spacial score (nSPS) is 11.7. The fourth-order valence-corrected chi connectivity index (χ4v) is 1.97. The predicted molar refractivity (Wildman–Crippen MR) is 80.7 cm³/mol. The molecule has 0 saturated carbocycles. The predicted octanol–water partition coefficient (Wildman–Crippen LogP) is 2.16. The molecule has 3 N–H and O–H groups in total. The summed E-state index contributed by atoms with van der Waals surface area (Å²) in [6, 6.07) is 0.260. The van der Waals surface area contributed by atoms with E-state index in [0.29, 0.717) is 13.0 Å². The number of aliphatic carboxylic acids is 1. The second-order valence-electron chi connectivity index (χ2n) is 6.07. The molecular weight excluding hydrogens is 256 g/mol. The zero-order valence-corrected chi connectivity index (χ0v) is 13.3. The van der Waals surface area contributed by atoms with Gasteiger partial charge in [0.05, 0.1) is 6.54 Å². The van der Waals surface area contributed by atoms with Crippen LogP contribution in [-0.2, 0) is 9.59 Å². The smallest absolute Gasteiger partial charge is 0.303 e. The van der Waals surface area contributed by atoms with Crippen LogP contribution in [0, 0.1) is 5.41 Å². The van der Waals surface area contributed by atoms with Crippen molar-refractivity contribution < 1.29 is 14.7 Å². The van der Waals surface area contributed by atoms with Crippen LogP contribution in [0.2, 0.25) is 0 Å². The van der Waals surface area contributed by atoms with Crippen LogP contribution < -0.4 is 10.6 Å². The first-order valence-corrected chi connectivity index (χ1v) is 7.52. The maximum atomic E-state index is 11.7. The molecule has 118 valence electrons. The molecule has 0 rings (SSSR count). The number of carboxylic acids is 1. The lowest BCUT2D eigenvalue weighted by Crippen LogP contribution is -2.40. The number of carbonyl (C=O) groups excluding carboxylic acids is 1. The third-order valence-electron chi connectivity index (χ3n) is 3.63. The van der Waals surface area contributed by atoms with E-state index in [1.165, 1.54) is 0 Å². The Balaban J connectivity index is 3.79. The molecule has 0 atom stereocenters. The highest BCUT2D eigenvalue weighted by atomic mass is 16.4. The molecule has 0 unspecified atom stereocenters.